The number of aliphatic carboxylic acids is 2. The zero-order valence-electron chi connectivity index (χ0n) is 24.0. The Morgan fingerprint density at radius 3 is 2.80 bits per heavy atom. The second-order valence-corrected chi connectivity index (χ2v) is 12.8. The molecule has 0 spiro atoms. The minimum absolute atomic E-state index is 0.00218. The van der Waals surface area contributed by atoms with Gasteiger partial charge in [0, 0.05) is 17.9 Å². The van der Waals surface area contributed by atoms with Crippen molar-refractivity contribution in [3.63, 3.8) is 0 Å². The third-order valence-corrected chi connectivity index (χ3v) is 9.49. The van der Waals surface area contributed by atoms with E-state index < -0.39 is 47.0 Å². The van der Waals surface area contributed by atoms with E-state index in [2.05, 4.69) is 25.8 Å². The molecule has 45 heavy (non-hydrogen) atoms. The standard InChI is InChI=1S/C26H28ClN9O7S2/c1-12(24(39)40)43-33-16(15-19(27)45-26(28)32-15)21(37)31-17-22(38)36-18(25(41)42)13(10-44-23(17)36)9-34-7-3-5-14-20(34)30-11-35(14)8-4-6-29-2/h3,5,7,11-12,17,23,29H,4,6,8-10H2,1-2H3,(H4-,28,31,32,37,39,40,41,42)/p+1/b33-16-/t12-,17+,23?/m0/s1. The Morgan fingerprint density at radius 2 is 2.13 bits per heavy atom. The number of amides is 2. The van der Waals surface area contributed by atoms with Gasteiger partial charge in [0.2, 0.25) is 12.4 Å². The van der Waals surface area contributed by atoms with Gasteiger partial charge in [0.25, 0.3) is 11.8 Å². The summed E-state index contributed by atoms with van der Waals surface area (Å²) in [5.74, 6) is -3.92. The van der Waals surface area contributed by atoms with E-state index in [1.54, 1.807) is 6.33 Å². The van der Waals surface area contributed by atoms with E-state index in [1.165, 1.54) is 18.7 Å². The molecule has 5 heterocycles. The molecule has 2 aliphatic heterocycles. The third kappa shape index (κ3) is 6.44. The zero-order chi connectivity index (χ0) is 32.4. The Bertz CT molecular complexity index is 1740. The minimum Gasteiger partial charge on any atom is -0.478 e. The number of thiazole rings is 1. The first-order chi connectivity index (χ1) is 21.5. The van der Waals surface area contributed by atoms with Crippen molar-refractivity contribution in [1.82, 2.24) is 30.1 Å². The Hall–Kier alpha value is -4.26. The number of nitrogens with two attached hydrogens (primary N) is 1. The molecule has 19 heteroatoms. The topological polar surface area (TPSA) is 218 Å². The summed E-state index contributed by atoms with van der Waals surface area (Å²) in [6.45, 7) is 3.00. The summed E-state index contributed by atoms with van der Waals surface area (Å²) in [5.41, 5.74) is 6.99. The van der Waals surface area contributed by atoms with Gasteiger partial charge >= 0.3 is 17.6 Å². The molecule has 0 bridgehead atoms. The van der Waals surface area contributed by atoms with Crippen LogP contribution in [0.1, 0.15) is 19.0 Å². The van der Waals surface area contributed by atoms with Crippen LogP contribution in [-0.2, 0) is 37.1 Å². The molecule has 0 aromatic carbocycles. The smallest absolute Gasteiger partial charge is 0.352 e. The van der Waals surface area contributed by atoms with Gasteiger partial charge in [0.15, 0.2) is 10.8 Å². The van der Waals surface area contributed by atoms with E-state index in [9.17, 15) is 24.3 Å². The van der Waals surface area contributed by atoms with Crippen LogP contribution in [0.25, 0.3) is 11.2 Å². The van der Waals surface area contributed by atoms with Crippen molar-refractivity contribution in [2.45, 2.75) is 44.0 Å². The SMILES string of the molecule is CNCCCn1cnc2c1ccc[n+]2CC1=C(C(=O)O)N2C(=O)[C@@H](NC(=O)/C(=N\O[C@@H](C)C(=O)O)c3nc(N)sc3Cl)C2SC1. The van der Waals surface area contributed by atoms with E-state index in [-0.39, 0.29) is 33.2 Å². The predicted octanol–water partition coefficient (Wildman–Crippen LogP) is 0.258. The average molecular weight is 679 g/mol. The molecule has 0 aliphatic carbocycles. The Morgan fingerprint density at radius 1 is 1.36 bits per heavy atom. The third-order valence-electron chi connectivity index (χ3n) is 7.07. The molecule has 6 N–H and O–H groups in total. The molecule has 238 valence electrons. The summed E-state index contributed by atoms with van der Waals surface area (Å²) in [7, 11) is 1.89. The number of rotatable bonds is 13. The molecular formula is C26H29ClN9O7S2+. The molecule has 0 radical (unpaired) electrons. The van der Waals surface area contributed by atoms with E-state index >= 15 is 0 Å². The molecule has 1 unspecified atom stereocenters. The number of aryl methyl sites for hydroxylation is 1. The van der Waals surface area contributed by atoms with Crippen LogP contribution in [0.15, 0.2) is 41.1 Å². The fourth-order valence-electron chi connectivity index (χ4n) is 4.87. The number of β-lactam (4-membered cyclic amide) rings is 1. The van der Waals surface area contributed by atoms with Crippen molar-refractivity contribution in [2.24, 2.45) is 5.16 Å². The van der Waals surface area contributed by atoms with Gasteiger partial charge in [-0.2, -0.15) is 0 Å². The van der Waals surface area contributed by atoms with Crippen LogP contribution in [0.4, 0.5) is 5.13 Å². The van der Waals surface area contributed by atoms with Crippen LogP contribution >= 0.6 is 34.7 Å². The maximum absolute atomic E-state index is 13.3. The number of carboxylic acids is 2. The lowest BCUT2D eigenvalue weighted by Gasteiger charge is -2.49. The van der Waals surface area contributed by atoms with Gasteiger partial charge in [-0.1, -0.05) is 28.1 Å². The van der Waals surface area contributed by atoms with Gasteiger partial charge in [-0.05, 0) is 44.1 Å². The number of nitrogen functional groups attached to an aromatic ring is 1. The largest absolute Gasteiger partial charge is 0.478 e. The Kier molecular flexibility index (Phi) is 9.56. The van der Waals surface area contributed by atoms with Crippen molar-refractivity contribution in [3.8, 4) is 0 Å². The number of carbonyl (C=O) groups excluding carboxylic acids is 2. The highest BCUT2D eigenvalue weighted by Gasteiger charge is 2.54. The maximum atomic E-state index is 13.3. The Balaban J connectivity index is 1.36. The van der Waals surface area contributed by atoms with Crippen molar-refractivity contribution in [1.29, 1.82) is 0 Å². The van der Waals surface area contributed by atoms with Gasteiger partial charge < -0.3 is 36.0 Å². The number of anilines is 1. The van der Waals surface area contributed by atoms with Crippen LogP contribution in [0, 0.1) is 0 Å². The number of thioether (sulfide) groups is 1. The molecule has 2 amide bonds. The fraction of sp³-hybridized carbons (Fsp3) is 0.385. The van der Waals surface area contributed by atoms with E-state index in [0.717, 1.165) is 41.3 Å². The highest BCUT2D eigenvalue weighted by atomic mass is 35.5. The number of nitrogens with zero attached hydrogens (tertiary/aromatic N) is 6. The van der Waals surface area contributed by atoms with Crippen LogP contribution in [0.5, 0.6) is 0 Å². The summed E-state index contributed by atoms with van der Waals surface area (Å²) >= 11 is 8.32. The summed E-state index contributed by atoms with van der Waals surface area (Å²) < 4.78 is 3.88. The average Bonchev–Trinajstić information content (AvgIpc) is 3.57. The van der Waals surface area contributed by atoms with E-state index in [0.29, 0.717) is 11.2 Å². The maximum Gasteiger partial charge on any atom is 0.352 e. The van der Waals surface area contributed by atoms with E-state index in [1.807, 2.05) is 34.5 Å². The highest BCUT2D eigenvalue weighted by Crippen LogP contribution is 2.40. The molecule has 3 atom stereocenters. The minimum atomic E-state index is -1.41. The fourth-order valence-corrected chi connectivity index (χ4v) is 7.13. The van der Waals surface area contributed by atoms with Crippen molar-refractivity contribution >= 4 is 80.5 Å². The quantitative estimate of drug-likeness (QED) is 0.0541. The van der Waals surface area contributed by atoms with Crippen LogP contribution in [0.3, 0.4) is 0 Å². The molecular weight excluding hydrogens is 650 g/mol. The monoisotopic (exact) mass is 678 g/mol. The van der Waals surface area contributed by atoms with Gasteiger partial charge in [0.05, 0.1) is 6.20 Å². The number of carbonyl (C=O) groups is 4. The van der Waals surface area contributed by atoms with Crippen molar-refractivity contribution < 1.29 is 38.8 Å². The van der Waals surface area contributed by atoms with Crippen molar-refractivity contribution in [2.75, 3.05) is 25.1 Å². The number of carboxylic acid groups (broad SMARTS) is 2. The van der Waals surface area contributed by atoms with Crippen molar-refractivity contribution in [3.05, 3.63) is 46.0 Å². The molecule has 0 saturated carbocycles. The Labute approximate surface area is 268 Å². The lowest BCUT2D eigenvalue weighted by atomic mass is 10.0. The summed E-state index contributed by atoms with van der Waals surface area (Å²) in [6, 6.07) is 2.70. The molecule has 1 fully saturated rings. The second kappa shape index (κ2) is 13.4. The first-order valence-corrected chi connectivity index (χ1v) is 15.8. The predicted molar refractivity (Wildman–Crippen MR) is 164 cm³/mol. The van der Waals surface area contributed by atoms with Crippen LogP contribution < -0.4 is 20.9 Å². The number of fused-ring (bicyclic) bond motifs is 2. The summed E-state index contributed by atoms with van der Waals surface area (Å²) in [5, 5.41) is 27.9. The number of hydrogen-bond donors (Lipinski definition) is 5. The van der Waals surface area contributed by atoms with Gasteiger partial charge in [-0.15, -0.1) is 11.8 Å². The highest BCUT2D eigenvalue weighted by molar-refractivity contribution is 8.00. The molecule has 3 aromatic rings. The number of halogens is 1. The summed E-state index contributed by atoms with van der Waals surface area (Å²) in [4.78, 5) is 64.9. The van der Waals surface area contributed by atoms with E-state index in [4.69, 9.17) is 27.3 Å². The first kappa shape index (κ1) is 32.1. The van der Waals surface area contributed by atoms with Crippen LogP contribution in [0.2, 0.25) is 4.34 Å². The number of oxime groups is 1. The van der Waals surface area contributed by atoms with Gasteiger partial charge in [-0.3, -0.25) is 14.5 Å². The van der Waals surface area contributed by atoms with Gasteiger partial charge in [-0.25, -0.2) is 19.1 Å². The van der Waals surface area contributed by atoms with Crippen LogP contribution in [-0.4, -0.2) is 96.0 Å². The second-order valence-electron chi connectivity index (χ2n) is 10.1. The lowest BCUT2D eigenvalue weighted by Crippen LogP contribution is -2.71. The number of nitrogens with one attached hydrogen (secondary N) is 2. The first-order valence-electron chi connectivity index (χ1n) is 13.6. The number of hydrogen-bond acceptors (Lipinski definition) is 12. The summed E-state index contributed by atoms with van der Waals surface area (Å²) in [6.07, 6.45) is 3.06. The number of pyridine rings is 1. The number of imidazole rings is 1. The molecule has 5 rings (SSSR count). The number of aromatic nitrogens is 4. The molecule has 2 aliphatic rings. The van der Waals surface area contributed by atoms with Gasteiger partial charge in [0.1, 0.15) is 39.2 Å². The zero-order valence-corrected chi connectivity index (χ0v) is 26.4. The molecule has 16 nitrogen and oxygen atoms in total. The normalized spacial score (nSPS) is 18.9. The molecule has 3 aromatic heterocycles. The lowest BCUT2D eigenvalue weighted by molar-refractivity contribution is -0.664. The molecule has 1 saturated heterocycles.